The van der Waals surface area contributed by atoms with Crippen molar-refractivity contribution in [3.05, 3.63) is 0 Å². The molecule has 3 saturated carbocycles. The Kier molecular flexibility index (Phi) is 2.61. The van der Waals surface area contributed by atoms with Crippen molar-refractivity contribution < 1.29 is 4.74 Å². The maximum atomic E-state index is 6.43. The Labute approximate surface area is 105 Å². The molecule has 0 heterocycles. The monoisotopic (exact) mass is 237 g/mol. The van der Waals surface area contributed by atoms with Crippen LogP contribution in [0.5, 0.6) is 0 Å². The summed E-state index contributed by atoms with van der Waals surface area (Å²) in [6.45, 7) is 7.34. The van der Waals surface area contributed by atoms with E-state index in [4.69, 9.17) is 10.5 Å². The smallest absolute Gasteiger partial charge is 0.0730 e. The second-order valence-corrected chi connectivity index (χ2v) is 7.37. The minimum Gasteiger partial charge on any atom is -0.373 e. The molecule has 0 aliphatic heterocycles. The highest BCUT2D eigenvalue weighted by atomic mass is 16.5. The molecule has 98 valence electrons. The second kappa shape index (κ2) is 3.71. The third-order valence-electron chi connectivity index (χ3n) is 6.56. The van der Waals surface area contributed by atoms with E-state index in [1.54, 1.807) is 0 Å². The van der Waals surface area contributed by atoms with E-state index in [1.165, 1.54) is 32.1 Å². The largest absolute Gasteiger partial charge is 0.373 e. The quantitative estimate of drug-likeness (QED) is 0.801. The predicted octanol–water partition coefficient (Wildman–Crippen LogP) is 3.10. The lowest BCUT2D eigenvalue weighted by Gasteiger charge is -2.40. The van der Waals surface area contributed by atoms with Crippen LogP contribution in [0.3, 0.4) is 0 Å². The SMILES string of the molecule is CC1(C)C2CCC1(C)C(OC1CCCC1N)C2. The third-order valence-corrected chi connectivity index (χ3v) is 6.56. The third kappa shape index (κ3) is 1.53. The molecule has 2 bridgehead atoms. The highest BCUT2D eigenvalue weighted by Crippen LogP contribution is 2.66. The van der Waals surface area contributed by atoms with Gasteiger partial charge in [-0.05, 0) is 55.3 Å². The molecule has 0 aromatic heterocycles. The maximum Gasteiger partial charge on any atom is 0.0730 e. The second-order valence-electron chi connectivity index (χ2n) is 7.37. The van der Waals surface area contributed by atoms with Gasteiger partial charge >= 0.3 is 0 Å². The number of rotatable bonds is 2. The van der Waals surface area contributed by atoms with Gasteiger partial charge in [-0.25, -0.2) is 0 Å². The fourth-order valence-electron chi connectivity index (χ4n) is 4.67. The number of fused-ring (bicyclic) bond motifs is 2. The van der Waals surface area contributed by atoms with Crippen LogP contribution in [-0.4, -0.2) is 18.2 Å². The molecule has 17 heavy (non-hydrogen) atoms. The summed E-state index contributed by atoms with van der Waals surface area (Å²) in [5.41, 5.74) is 6.99. The zero-order valence-corrected chi connectivity index (χ0v) is 11.5. The molecule has 5 atom stereocenters. The lowest BCUT2D eigenvalue weighted by molar-refractivity contribution is -0.0879. The molecule has 0 aromatic carbocycles. The van der Waals surface area contributed by atoms with Gasteiger partial charge < -0.3 is 10.5 Å². The summed E-state index contributed by atoms with van der Waals surface area (Å²) in [5.74, 6) is 0.870. The van der Waals surface area contributed by atoms with Gasteiger partial charge in [-0.15, -0.1) is 0 Å². The molecular weight excluding hydrogens is 210 g/mol. The summed E-state index contributed by atoms with van der Waals surface area (Å²) >= 11 is 0. The molecule has 2 heteroatoms. The summed E-state index contributed by atoms with van der Waals surface area (Å²) < 4.78 is 6.43. The van der Waals surface area contributed by atoms with Crippen LogP contribution in [0.15, 0.2) is 0 Å². The van der Waals surface area contributed by atoms with Crippen LogP contribution in [0.1, 0.15) is 59.3 Å². The molecule has 3 fully saturated rings. The Hall–Kier alpha value is -0.0800. The van der Waals surface area contributed by atoms with Crippen molar-refractivity contribution in [2.75, 3.05) is 0 Å². The normalized spacial score (nSPS) is 52.2. The fourth-order valence-corrected chi connectivity index (χ4v) is 4.67. The lowest BCUT2D eigenvalue weighted by Crippen LogP contribution is -2.42. The van der Waals surface area contributed by atoms with Crippen molar-refractivity contribution >= 4 is 0 Å². The van der Waals surface area contributed by atoms with Gasteiger partial charge in [-0.2, -0.15) is 0 Å². The lowest BCUT2D eigenvalue weighted by atomic mass is 9.70. The topological polar surface area (TPSA) is 35.2 Å². The summed E-state index contributed by atoms with van der Waals surface area (Å²) in [6, 6.07) is 0.292. The van der Waals surface area contributed by atoms with E-state index in [0.717, 1.165) is 12.3 Å². The number of nitrogens with two attached hydrogens (primary N) is 1. The molecule has 2 N–H and O–H groups in total. The molecule has 2 nitrogen and oxygen atoms in total. The zero-order valence-electron chi connectivity index (χ0n) is 11.5. The van der Waals surface area contributed by atoms with E-state index in [0.29, 0.717) is 29.1 Å². The van der Waals surface area contributed by atoms with E-state index in [1.807, 2.05) is 0 Å². The summed E-state index contributed by atoms with van der Waals surface area (Å²) in [5, 5.41) is 0. The van der Waals surface area contributed by atoms with E-state index in [9.17, 15) is 0 Å². The maximum absolute atomic E-state index is 6.43. The zero-order chi connectivity index (χ0) is 12.3. The molecular formula is C15H27NO. The van der Waals surface area contributed by atoms with Gasteiger partial charge in [0.15, 0.2) is 0 Å². The Morgan fingerprint density at radius 2 is 1.88 bits per heavy atom. The summed E-state index contributed by atoms with van der Waals surface area (Å²) in [4.78, 5) is 0. The molecule has 0 amide bonds. The summed E-state index contributed by atoms with van der Waals surface area (Å²) in [6.07, 6.45) is 8.41. The fraction of sp³-hybridized carbons (Fsp3) is 1.00. The van der Waals surface area contributed by atoms with Crippen LogP contribution in [-0.2, 0) is 4.74 Å². The van der Waals surface area contributed by atoms with Gasteiger partial charge in [0, 0.05) is 6.04 Å². The molecule has 3 aliphatic carbocycles. The first-order valence-corrected chi connectivity index (χ1v) is 7.36. The first kappa shape index (κ1) is 12.0. The first-order chi connectivity index (χ1) is 7.95. The van der Waals surface area contributed by atoms with Crippen molar-refractivity contribution in [2.45, 2.75) is 77.5 Å². The minimum atomic E-state index is 0.292. The van der Waals surface area contributed by atoms with Crippen molar-refractivity contribution in [2.24, 2.45) is 22.5 Å². The molecule has 5 unspecified atom stereocenters. The summed E-state index contributed by atoms with van der Waals surface area (Å²) in [7, 11) is 0. The molecule has 0 aromatic rings. The van der Waals surface area contributed by atoms with Gasteiger partial charge in [0.2, 0.25) is 0 Å². The number of hydrogen-bond donors (Lipinski definition) is 1. The molecule has 0 saturated heterocycles. The van der Waals surface area contributed by atoms with E-state index >= 15 is 0 Å². The molecule has 3 aliphatic rings. The number of ether oxygens (including phenoxy) is 1. The Morgan fingerprint density at radius 1 is 1.12 bits per heavy atom. The van der Waals surface area contributed by atoms with Crippen molar-refractivity contribution in [3.8, 4) is 0 Å². The van der Waals surface area contributed by atoms with Gasteiger partial charge in [-0.3, -0.25) is 0 Å². The van der Waals surface area contributed by atoms with Crippen LogP contribution in [0.2, 0.25) is 0 Å². The van der Waals surface area contributed by atoms with E-state index in [-0.39, 0.29) is 0 Å². The van der Waals surface area contributed by atoms with Gasteiger partial charge in [0.1, 0.15) is 0 Å². The Balaban J connectivity index is 1.74. The van der Waals surface area contributed by atoms with Crippen LogP contribution in [0.25, 0.3) is 0 Å². The van der Waals surface area contributed by atoms with E-state index in [2.05, 4.69) is 20.8 Å². The average Bonchev–Trinajstić information content (AvgIpc) is 2.81. The highest BCUT2D eigenvalue weighted by molar-refractivity contribution is 5.11. The Morgan fingerprint density at radius 3 is 2.35 bits per heavy atom. The number of hydrogen-bond acceptors (Lipinski definition) is 2. The van der Waals surface area contributed by atoms with Gasteiger partial charge in [0.25, 0.3) is 0 Å². The van der Waals surface area contributed by atoms with Crippen molar-refractivity contribution in [1.82, 2.24) is 0 Å². The molecule has 0 spiro atoms. The van der Waals surface area contributed by atoms with E-state index < -0.39 is 0 Å². The van der Waals surface area contributed by atoms with Crippen LogP contribution in [0.4, 0.5) is 0 Å². The molecule has 3 rings (SSSR count). The first-order valence-electron chi connectivity index (χ1n) is 7.36. The average molecular weight is 237 g/mol. The highest BCUT2D eigenvalue weighted by Gasteiger charge is 2.62. The van der Waals surface area contributed by atoms with Crippen LogP contribution >= 0.6 is 0 Å². The predicted molar refractivity (Wildman–Crippen MR) is 69.7 cm³/mol. The standard InChI is InChI=1S/C15H27NO/c1-14(2)10-7-8-15(14,3)13(9-10)17-12-6-4-5-11(12)16/h10-13H,4-9,16H2,1-3H3. The minimum absolute atomic E-state index is 0.292. The van der Waals surface area contributed by atoms with Crippen LogP contribution < -0.4 is 5.73 Å². The van der Waals surface area contributed by atoms with Crippen LogP contribution in [0, 0.1) is 16.7 Å². The Bertz CT molecular complexity index is 314. The van der Waals surface area contributed by atoms with Gasteiger partial charge in [-0.1, -0.05) is 20.8 Å². The van der Waals surface area contributed by atoms with Gasteiger partial charge in [0.05, 0.1) is 12.2 Å². The molecule has 0 radical (unpaired) electrons. The van der Waals surface area contributed by atoms with Crippen molar-refractivity contribution in [1.29, 1.82) is 0 Å². The van der Waals surface area contributed by atoms with Crippen molar-refractivity contribution in [3.63, 3.8) is 0 Å².